The summed E-state index contributed by atoms with van der Waals surface area (Å²) in [5.41, 5.74) is 5.18. The van der Waals surface area contributed by atoms with Gasteiger partial charge in [0.1, 0.15) is 0 Å². The molecule has 0 spiro atoms. The molecule has 1 heterocycles. The Hall–Kier alpha value is -2.69. The van der Waals surface area contributed by atoms with Gasteiger partial charge in [-0.1, -0.05) is 36.4 Å². The van der Waals surface area contributed by atoms with Crippen LogP contribution in [0.25, 0.3) is 6.08 Å². The van der Waals surface area contributed by atoms with Crippen LogP contribution in [-0.4, -0.2) is 16.2 Å². The topological polar surface area (TPSA) is 70.1 Å². The maximum Gasteiger partial charge on any atom is 0.255 e. The van der Waals surface area contributed by atoms with E-state index in [1.165, 1.54) is 6.20 Å². The molecule has 0 bridgehead atoms. The maximum atomic E-state index is 11.4. The molecule has 0 fully saturated rings. The highest BCUT2D eigenvalue weighted by molar-refractivity contribution is 5.85. The summed E-state index contributed by atoms with van der Waals surface area (Å²) < 4.78 is 0. The highest BCUT2D eigenvalue weighted by Gasteiger charge is 1.95. The number of anilines is 1. The van der Waals surface area contributed by atoms with Crippen molar-refractivity contribution in [1.82, 2.24) is 9.97 Å². The summed E-state index contributed by atoms with van der Waals surface area (Å²) in [4.78, 5) is 18.0. The predicted molar refractivity (Wildman–Crippen MR) is 81.8 cm³/mol. The van der Waals surface area contributed by atoms with Crippen LogP contribution in [0.5, 0.6) is 0 Å². The molecule has 20 heavy (non-hydrogen) atoms. The second kappa shape index (κ2) is 6.47. The van der Waals surface area contributed by atoms with Crippen LogP contribution in [0.3, 0.4) is 0 Å². The molecule has 0 aliphatic carbocycles. The normalized spacial score (nSPS) is 11.8. The lowest BCUT2D eigenvalue weighted by Gasteiger charge is -1.99. The fraction of sp³-hybridized carbons (Fsp3) is 0.133. The van der Waals surface area contributed by atoms with E-state index in [4.69, 9.17) is 0 Å². The Morgan fingerprint density at radius 2 is 2.10 bits per heavy atom. The van der Waals surface area contributed by atoms with Crippen molar-refractivity contribution in [3.63, 3.8) is 0 Å². The Labute approximate surface area is 117 Å². The van der Waals surface area contributed by atoms with Gasteiger partial charge in [-0.05, 0) is 25.0 Å². The number of H-pyrrole nitrogens is 1. The third kappa shape index (κ3) is 3.91. The van der Waals surface area contributed by atoms with E-state index in [2.05, 4.69) is 20.5 Å². The minimum Gasteiger partial charge on any atom is -0.291 e. The van der Waals surface area contributed by atoms with Crippen LogP contribution in [0, 0.1) is 6.92 Å². The molecule has 1 aromatic heterocycles. The van der Waals surface area contributed by atoms with Gasteiger partial charge >= 0.3 is 0 Å². The largest absolute Gasteiger partial charge is 0.291 e. The van der Waals surface area contributed by atoms with Crippen molar-refractivity contribution in [3.8, 4) is 0 Å². The maximum absolute atomic E-state index is 11.4. The lowest BCUT2D eigenvalue weighted by molar-refractivity contribution is 1.05. The van der Waals surface area contributed by atoms with Gasteiger partial charge in [-0.3, -0.25) is 9.78 Å². The SMILES string of the molecule is C/C(C=NNc1ncc(C)c(=O)[nH]1)=C\c1ccccc1. The number of allylic oxidation sites excluding steroid dienone is 1. The first-order chi connectivity index (χ1) is 9.65. The molecule has 0 aliphatic heterocycles. The Bertz CT molecular complexity index is 687. The van der Waals surface area contributed by atoms with Crippen LogP contribution in [0.4, 0.5) is 5.95 Å². The van der Waals surface area contributed by atoms with Crippen molar-refractivity contribution in [2.24, 2.45) is 5.10 Å². The average Bonchev–Trinajstić information content (AvgIpc) is 2.44. The molecule has 0 saturated heterocycles. The van der Waals surface area contributed by atoms with Crippen molar-refractivity contribution in [2.75, 3.05) is 5.43 Å². The Morgan fingerprint density at radius 3 is 2.80 bits per heavy atom. The van der Waals surface area contributed by atoms with Crippen molar-refractivity contribution in [1.29, 1.82) is 0 Å². The number of hydrogen-bond acceptors (Lipinski definition) is 4. The zero-order valence-corrected chi connectivity index (χ0v) is 11.4. The summed E-state index contributed by atoms with van der Waals surface area (Å²) in [7, 11) is 0. The van der Waals surface area contributed by atoms with Crippen molar-refractivity contribution in [3.05, 3.63) is 63.6 Å². The molecule has 0 atom stereocenters. The molecule has 102 valence electrons. The number of rotatable bonds is 4. The number of nitrogens with one attached hydrogen (secondary N) is 2. The van der Waals surface area contributed by atoms with E-state index in [-0.39, 0.29) is 5.56 Å². The quantitative estimate of drug-likeness (QED) is 0.661. The molecule has 0 unspecified atom stereocenters. The number of aryl methyl sites for hydroxylation is 1. The fourth-order valence-corrected chi connectivity index (χ4v) is 1.56. The van der Waals surface area contributed by atoms with E-state index in [0.717, 1.165) is 11.1 Å². The molecule has 0 amide bonds. The number of aromatic nitrogens is 2. The first kappa shape index (κ1) is 13.7. The lowest BCUT2D eigenvalue weighted by atomic mass is 10.1. The predicted octanol–water partition coefficient (Wildman–Crippen LogP) is 2.58. The molecule has 5 heteroatoms. The van der Waals surface area contributed by atoms with Gasteiger partial charge in [-0.25, -0.2) is 10.4 Å². The monoisotopic (exact) mass is 268 g/mol. The zero-order chi connectivity index (χ0) is 14.4. The number of hydrogen-bond donors (Lipinski definition) is 2. The van der Waals surface area contributed by atoms with Gasteiger partial charge in [0, 0.05) is 11.8 Å². The third-order valence-electron chi connectivity index (χ3n) is 2.61. The first-order valence-corrected chi connectivity index (χ1v) is 6.23. The van der Waals surface area contributed by atoms with Crippen LogP contribution in [0.2, 0.25) is 0 Å². The smallest absolute Gasteiger partial charge is 0.255 e. The number of hydrazone groups is 1. The number of aromatic amines is 1. The van der Waals surface area contributed by atoms with Crippen LogP contribution < -0.4 is 11.0 Å². The molecular weight excluding hydrogens is 252 g/mol. The summed E-state index contributed by atoms with van der Waals surface area (Å²) >= 11 is 0. The molecule has 0 saturated carbocycles. The van der Waals surface area contributed by atoms with E-state index in [1.54, 1.807) is 13.1 Å². The number of benzene rings is 1. The first-order valence-electron chi connectivity index (χ1n) is 6.23. The molecular formula is C15H16N4O. The number of nitrogens with zero attached hydrogens (tertiary/aromatic N) is 2. The second-order valence-corrected chi connectivity index (χ2v) is 4.41. The third-order valence-corrected chi connectivity index (χ3v) is 2.61. The fourth-order valence-electron chi connectivity index (χ4n) is 1.56. The van der Waals surface area contributed by atoms with Gasteiger partial charge in [-0.2, -0.15) is 5.10 Å². The summed E-state index contributed by atoms with van der Waals surface area (Å²) in [6.07, 6.45) is 5.19. The van der Waals surface area contributed by atoms with Gasteiger partial charge in [0.25, 0.3) is 5.56 Å². The minimum atomic E-state index is -0.172. The van der Waals surface area contributed by atoms with Gasteiger partial charge in [0.2, 0.25) is 5.95 Å². The lowest BCUT2D eigenvalue weighted by Crippen LogP contribution is -2.12. The minimum absolute atomic E-state index is 0.172. The van der Waals surface area contributed by atoms with E-state index in [1.807, 2.05) is 43.3 Å². The van der Waals surface area contributed by atoms with E-state index < -0.39 is 0 Å². The standard InChI is InChI=1S/C15H16N4O/c1-11(8-13-6-4-3-5-7-13)9-17-19-15-16-10-12(2)14(20)18-15/h3-10H,1-2H3,(H2,16,18,19,20)/b11-8+,17-9?. The van der Waals surface area contributed by atoms with Crippen LogP contribution in [-0.2, 0) is 0 Å². The highest BCUT2D eigenvalue weighted by Crippen LogP contribution is 2.04. The molecule has 2 N–H and O–H groups in total. The Kier molecular flexibility index (Phi) is 4.44. The second-order valence-electron chi connectivity index (χ2n) is 4.41. The van der Waals surface area contributed by atoms with E-state index in [0.29, 0.717) is 11.5 Å². The van der Waals surface area contributed by atoms with E-state index >= 15 is 0 Å². The molecule has 0 aliphatic rings. The summed E-state index contributed by atoms with van der Waals surface area (Å²) in [5, 5.41) is 4.03. The average molecular weight is 268 g/mol. The van der Waals surface area contributed by atoms with Gasteiger partial charge in [0.05, 0.1) is 6.21 Å². The summed E-state index contributed by atoms with van der Waals surface area (Å²) in [6, 6.07) is 9.97. The molecule has 0 radical (unpaired) electrons. The zero-order valence-electron chi connectivity index (χ0n) is 11.4. The van der Waals surface area contributed by atoms with Gasteiger partial charge in [0.15, 0.2) is 0 Å². The van der Waals surface area contributed by atoms with Crippen LogP contribution in [0.15, 0.2) is 52.0 Å². The van der Waals surface area contributed by atoms with Crippen LogP contribution in [0.1, 0.15) is 18.1 Å². The molecule has 1 aromatic carbocycles. The van der Waals surface area contributed by atoms with Crippen molar-refractivity contribution < 1.29 is 0 Å². The Morgan fingerprint density at radius 1 is 1.35 bits per heavy atom. The van der Waals surface area contributed by atoms with Gasteiger partial charge in [-0.15, -0.1) is 0 Å². The Balaban J connectivity index is 2.01. The highest BCUT2D eigenvalue weighted by atomic mass is 16.1. The van der Waals surface area contributed by atoms with Gasteiger partial charge < -0.3 is 0 Å². The molecule has 2 aromatic rings. The van der Waals surface area contributed by atoms with Crippen LogP contribution >= 0.6 is 0 Å². The summed E-state index contributed by atoms with van der Waals surface area (Å²) in [5.74, 6) is 0.323. The molecule has 5 nitrogen and oxygen atoms in total. The summed E-state index contributed by atoms with van der Waals surface area (Å²) in [6.45, 7) is 3.65. The van der Waals surface area contributed by atoms with Crippen molar-refractivity contribution >= 4 is 18.2 Å². The van der Waals surface area contributed by atoms with Crippen molar-refractivity contribution in [2.45, 2.75) is 13.8 Å². The van der Waals surface area contributed by atoms with E-state index in [9.17, 15) is 4.79 Å². The molecule has 2 rings (SSSR count).